The molecule has 186 valence electrons. The number of aliphatic imine (C=N–C) groups is 1. The first-order valence-electron chi connectivity index (χ1n) is 10.5. The van der Waals surface area contributed by atoms with Crippen molar-refractivity contribution >= 4 is 52.2 Å². The molecule has 2 aliphatic heterocycles. The lowest BCUT2D eigenvalue weighted by Crippen LogP contribution is -2.64. The molecule has 0 aromatic rings. The molecular weight excluding hydrogens is 486 g/mol. The van der Waals surface area contributed by atoms with Gasteiger partial charge in [0.05, 0.1) is 11.3 Å². The Morgan fingerprint density at radius 3 is 2.26 bits per heavy atom. The number of nitrogens with zero attached hydrogens (tertiary/aromatic N) is 1. The Hall–Kier alpha value is -2.48. The lowest BCUT2D eigenvalue weighted by molar-refractivity contribution is -0.296. The Morgan fingerprint density at radius 1 is 1.03 bits per heavy atom. The van der Waals surface area contributed by atoms with E-state index in [4.69, 9.17) is 35.9 Å². The molecule has 0 aromatic carbocycles. The van der Waals surface area contributed by atoms with Gasteiger partial charge in [0, 0.05) is 34.4 Å². The number of carbonyl (C=O) groups is 3. The molecule has 1 aliphatic carbocycles. The van der Waals surface area contributed by atoms with Gasteiger partial charge >= 0.3 is 17.9 Å². The molecule has 3 rings (SSSR count). The Balaban J connectivity index is 1.70. The molecule has 11 nitrogen and oxygen atoms in total. The van der Waals surface area contributed by atoms with Crippen LogP contribution >= 0.6 is 24.0 Å². The van der Waals surface area contributed by atoms with Crippen LogP contribution in [-0.4, -0.2) is 83.8 Å². The van der Waals surface area contributed by atoms with Gasteiger partial charge < -0.3 is 34.3 Å². The zero-order valence-electron chi connectivity index (χ0n) is 19.1. The van der Waals surface area contributed by atoms with Crippen LogP contribution in [0.15, 0.2) is 29.3 Å². The quantitative estimate of drug-likeness (QED) is 0.292. The molecule has 34 heavy (non-hydrogen) atoms. The van der Waals surface area contributed by atoms with Gasteiger partial charge in [-0.15, -0.1) is 0 Å². The molecule has 7 atom stereocenters. The van der Waals surface area contributed by atoms with E-state index in [0.29, 0.717) is 5.17 Å². The first kappa shape index (κ1) is 26.1. The van der Waals surface area contributed by atoms with E-state index in [1.54, 1.807) is 11.8 Å². The van der Waals surface area contributed by atoms with Crippen LogP contribution in [0.1, 0.15) is 20.8 Å². The number of nitrogens with one attached hydrogen (secondary N) is 2. The number of thioether (sulfide) groups is 1. The summed E-state index contributed by atoms with van der Waals surface area (Å²) in [6, 6.07) is 0.0560. The monoisotopic (exact) mass is 513 g/mol. The van der Waals surface area contributed by atoms with Gasteiger partial charge in [-0.3, -0.25) is 19.4 Å². The van der Waals surface area contributed by atoms with Crippen molar-refractivity contribution in [2.24, 2.45) is 4.99 Å². The van der Waals surface area contributed by atoms with Gasteiger partial charge in [-0.1, -0.05) is 36.1 Å². The van der Waals surface area contributed by atoms with Gasteiger partial charge in [0.25, 0.3) is 0 Å². The maximum Gasteiger partial charge on any atom is 0.303 e. The van der Waals surface area contributed by atoms with E-state index in [9.17, 15) is 14.4 Å². The van der Waals surface area contributed by atoms with Crippen LogP contribution in [0.5, 0.6) is 0 Å². The highest BCUT2D eigenvalue weighted by molar-refractivity contribution is 8.14. The van der Waals surface area contributed by atoms with Crippen molar-refractivity contribution in [3.05, 3.63) is 24.3 Å². The summed E-state index contributed by atoms with van der Waals surface area (Å²) in [5.41, 5.74) is 0. The maximum atomic E-state index is 11.8. The third-order valence-corrected chi connectivity index (χ3v) is 6.37. The number of allylic oxidation sites excluding steroid dienone is 2. The van der Waals surface area contributed by atoms with Crippen molar-refractivity contribution in [3.8, 4) is 0 Å². The van der Waals surface area contributed by atoms with Gasteiger partial charge in [0.1, 0.15) is 6.10 Å². The molecule has 0 saturated carbocycles. The third-order valence-electron chi connectivity index (χ3n) is 4.98. The van der Waals surface area contributed by atoms with Gasteiger partial charge in [-0.05, 0) is 12.2 Å². The number of esters is 3. The molecule has 7 unspecified atom stereocenters. The molecule has 1 fully saturated rings. The molecule has 1 saturated heterocycles. The summed E-state index contributed by atoms with van der Waals surface area (Å²) >= 11 is 6.94. The van der Waals surface area contributed by atoms with Gasteiger partial charge in [0.15, 0.2) is 34.9 Å². The standard InChI is InChI=1S/C21H27N3O8S2/c1-10(25)29-16-14(32-19(28-4)18(31-12(3)27)17(16)30-11(2)26)9-22-20(33)24-21-23-13-7-5-6-8-15(13)34-21/h5-8,13-19H,9H2,1-4H3,(H2,22,23,24,33). The summed E-state index contributed by atoms with van der Waals surface area (Å²) in [6.07, 6.45) is 2.69. The van der Waals surface area contributed by atoms with Crippen LogP contribution in [0, 0.1) is 0 Å². The zero-order chi connectivity index (χ0) is 24.8. The zero-order valence-corrected chi connectivity index (χ0v) is 20.7. The molecule has 0 aromatic heterocycles. The van der Waals surface area contributed by atoms with Crippen LogP contribution in [0.25, 0.3) is 0 Å². The van der Waals surface area contributed by atoms with E-state index in [-0.39, 0.29) is 22.9 Å². The van der Waals surface area contributed by atoms with E-state index in [1.807, 2.05) is 18.2 Å². The van der Waals surface area contributed by atoms with Crippen LogP contribution in [0.3, 0.4) is 0 Å². The fourth-order valence-corrected chi connectivity index (χ4v) is 5.01. The second-order valence-electron chi connectivity index (χ2n) is 7.61. The van der Waals surface area contributed by atoms with E-state index < -0.39 is 48.6 Å². The summed E-state index contributed by atoms with van der Waals surface area (Å²) in [5, 5.41) is 7.23. The molecule has 2 heterocycles. The van der Waals surface area contributed by atoms with Crippen LogP contribution in [0.2, 0.25) is 0 Å². The number of ether oxygens (including phenoxy) is 5. The minimum absolute atomic E-state index is 0.0560. The van der Waals surface area contributed by atoms with Crippen molar-refractivity contribution < 1.29 is 38.1 Å². The molecule has 13 heteroatoms. The number of carbonyl (C=O) groups excluding carboxylic acids is 3. The van der Waals surface area contributed by atoms with Crippen molar-refractivity contribution in [2.45, 2.75) is 62.8 Å². The minimum atomic E-state index is -1.16. The highest BCUT2D eigenvalue weighted by Crippen LogP contribution is 2.30. The maximum absolute atomic E-state index is 11.8. The van der Waals surface area contributed by atoms with Crippen LogP contribution < -0.4 is 10.6 Å². The van der Waals surface area contributed by atoms with Crippen LogP contribution in [0.4, 0.5) is 0 Å². The fourth-order valence-electron chi connectivity index (χ4n) is 3.70. The number of hydrogen-bond donors (Lipinski definition) is 2. The van der Waals surface area contributed by atoms with E-state index in [2.05, 4.69) is 21.7 Å². The van der Waals surface area contributed by atoms with Crippen molar-refractivity contribution in [1.29, 1.82) is 0 Å². The van der Waals surface area contributed by atoms with E-state index >= 15 is 0 Å². The normalized spacial score (nSPS) is 31.6. The fraction of sp³-hybridized carbons (Fsp3) is 0.571. The summed E-state index contributed by atoms with van der Waals surface area (Å²) in [5.74, 6) is -1.92. The summed E-state index contributed by atoms with van der Waals surface area (Å²) in [7, 11) is 1.35. The van der Waals surface area contributed by atoms with Crippen LogP contribution in [-0.2, 0) is 38.1 Å². The number of fused-ring (bicyclic) bond motifs is 1. The summed E-state index contributed by atoms with van der Waals surface area (Å²) < 4.78 is 27.3. The number of hydrogen-bond acceptors (Lipinski definition) is 11. The predicted octanol–water partition coefficient (Wildman–Crippen LogP) is 0.583. The minimum Gasteiger partial charge on any atom is -0.456 e. The number of amidine groups is 1. The van der Waals surface area contributed by atoms with Gasteiger partial charge in [-0.25, -0.2) is 0 Å². The van der Waals surface area contributed by atoms with E-state index in [0.717, 1.165) is 0 Å². The molecule has 0 spiro atoms. The third kappa shape index (κ3) is 6.78. The first-order chi connectivity index (χ1) is 16.2. The topological polar surface area (TPSA) is 134 Å². The van der Waals surface area contributed by atoms with Crippen molar-refractivity contribution in [2.75, 3.05) is 13.7 Å². The summed E-state index contributed by atoms with van der Waals surface area (Å²) in [4.78, 5) is 39.8. The Bertz CT molecular complexity index is 908. The first-order valence-corrected chi connectivity index (χ1v) is 11.8. The lowest BCUT2D eigenvalue weighted by atomic mass is 9.97. The summed E-state index contributed by atoms with van der Waals surface area (Å²) in [6.45, 7) is 3.67. The van der Waals surface area contributed by atoms with Gasteiger partial charge in [0.2, 0.25) is 0 Å². The highest BCUT2D eigenvalue weighted by Gasteiger charge is 2.52. The largest absolute Gasteiger partial charge is 0.456 e. The molecular formula is C21H27N3O8S2. The predicted molar refractivity (Wildman–Crippen MR) is 127 cm³/mol. The number of thiocarbonyl (C=S) groups is 1. The molecule has 0 radical (unpaired) electrons. The second kappa shape index (κ2) is 11.8. The average Bonchev–Trinajstić information content (AvgIpc) is 3.16. The molecule has 0 bridgehead atoms. The number of methoxy groups -OCH3 is 1. The van der Waals surface area contributed by atoms with Gasteiger partial charge in [-0.2, -0.15) is 0 Å². The Morgan fingerprint density at radius 2 is 1.65 bits per heavy atom. The lowest BCUT2D eigenvalue weighted by Gasteiger charge is -2.44. The smallest absolute Gasteiger partial charge is 0.303 e. The number of rotatable bonds is 6. The van der Waals surface area contributed by atoms with E-state index in [1.165, 1.54) is 27.9 Å². The second-order valence-corrected chi connectivity index (χ2v) is 9.19. The Kier molecular flexibility index (Phi) is 9.05. The Labute approximate surface area is 206 Å². The molecule has 0 amide bonds. The average molecular weight is 514 g/mol. The molecule has 3 aliphatic rings. The SMILES string of the molecule is COC1OC(CNC(=S)NC2=NC3C=CC=CC3S2)C(OC(C)=O)C(OC(C)=O)C1OC(C)=O. The van der Waals surface area contributed by atoms with Crippen molar-refractivity contribution in [3.63, 3.8) is 0 Å². The molecule has 2 N–H and O–H groups in total. The van der Waals surface area contributed by atoms with Crippen molar-refractivity contribution in [1.82, 2.24) is 10.6 Å². The highest BCUT2D eigenvalue weighted by atomic mass is 32.2.